The van der Waals surface area contributed by atoms with E-state index in [0.717, 1.165) is 5.56 Å². The summed E-state index contributed by atoms with van der Waals surface area (Å²) in [6.45, 7) is 5.75. The van der Waals surface area contributed by atoms with Crippen LogP contribution in [0, 0.1) is 5.82 Å². The number of nitrogens with zero attached hydrogens (tertiary/aromatic N) is 1. The summed E-state index contributed by atoms with van der Waals surface area (Å²) in [5.74, 6) is -0.328. The zero-order valence-electron chi connectivity index (χ0n) is 18.0. The number of para-hydroxylation sites is 1. The first-order valence-corrected chi connectivity index (χ1v) is 10.6. The Kier molecular flexibility index (Phi) is 8.00. The summed E-state index contributed by atoms with van der Waals surface area (Å²) < 4.78 is 24.5. The van der Waals surface area contributed by atoms with Gasteiger partial charge in [0.05, 0.1) is 18.8 Å². The predicted octanol–water partition coefficient (Wildman–Crippen LogP) is 3.55. The molecule has 7 heteroatoms. The van der Waals surface area contributed by atoms with Crippen molar-refractivity contribution in [2.75, 3.05) is 19.7 Å². The van der Waals surface area contributed by atoms with E-state index in [2.05, 4.69) is 5.32 Å². The number of carbonyl (C=O) groups is 2. The summed E-state index contributed by atoms with van der Waals surface area (Å²) >= 11 is 0. The van der Waals surface area contributed by atoms with Crippen LogP contribution in [0.3, 0.4) is 0 Å². The summed E-state index contributed by atoms with van der Waals surface area (Å²) in [5, 5.41) is 2.85. The molecular formula is C24H29FN2O4. The minimum Gasteiger partial charge on any atom is -0.491 e. The Morgan fingerprint density at radius 2 is 1.77 bits per heavy atom. The minimum absolute atomic E-state index is 0.00700. The van der Waals surface area contributed by atoms with Gasteiger partial charge in [0, 0.05) is 31.6 Å². The monoisotopic (exact) mass is 428 g/mol. The highest BCUT2D eigenvalue weighted by Crippen LogP contribution is 2.16. The molecule has 0 aliphatic carbocycles. The molecule has 2 amide bonds. The van der Waals surface area contributed by atoms with Crippen LogP contribution in [0.2, 0.25) is 0 Å². The molecule has 1 aliphatic rings. The molecule has 1 aliphatic heterocycles. The van der Waals surface area contributed by atoms with E-state index in [1.54, 1.807) is 30.3 Å². The molecule has 0 spiro atoms. The van der Waals surface area contributed by atoms with E-state index >= 15 is 0 Å². The Labute approximate surface area is 182 Å². The van der Waals surface area contributed by atoms with E-state index in [0.29, 0.717) is 38.0 Å². The molecule has 3 rings (SSSR count). The normalized spacial score (nSPS) is 18.5. The van der Waals surface area contributed by atoms with E-state index < -0.39 is 5.82 Å². The SMILES string of the molecule is CC1CN(C(=O)c2ccc(CNC(=O)CCCOc3ccccc3F)cc2)CC(C)O1. The topological polar surface area (TPSA) is 67.9 Å². The number of carbonyl (C=O) groups excluding carboxylic acids is 2. The van der Waals surface area contributed by atoms with Crippen molar-refractivity contribution in [1.82, 2.24) is 10.2 Å². The van der Waals surface area contributed by atoms with Gasteiger partial charge in [-0.25, -0.2) is 4.39 Å². The van der Waals surface area contributed by atoms with Crippen LogP contribution in [0.1, 0.15) is 42.6 Å². The van der Waals surface area contributed by atoms with Gasteiger partial charge in [-0.2, -0.15) is 0 Å². The van der Waals surface area contributed by atoms with Crippen LogP contribution in [0.25, 0.3) is 0 Å². The Morgan fingerprint density at radius 1 is 1.10 bits per heavy atom. The first-order chi connectivity index (χ1) is 14.9. The highest BCUT2D eigenvalue weighted by molar-refractivity contribution is 5.94. The molecule has 2 atom stereocenters. The highest BCUT2D eigenvalue weighted by atomic mass is 19.1. The van der Waals surface area contributed by atoms with Crippen molar-refractivity contribution in [2.24, 2.45) is 0 Å². The zero-order chi connectivity index (χ0) is 22.2. The van der Waals surface area contributed by atoms with Crippen LogP contribution in [0.15, 0.2) is 48.5 Å². The summed E-state index contributed by atoms with van der Waals surface area (Å²) in [4.78, 5) is 26.5. The van der Waals surface area contributed by atoms with E-state index in [4.69, 9.17) is 9.47 Å². The fourth-order valence-corrected chi connectivity index (χ4v) is 3.56. The van der Waals surface area contributed by atoms with Gasteiger partial charge in [0.1, 0.15) is 0 Å². The number of nitrogens with one attached hydrogen (secondary N) is 1. The second-order valence-corrected chi connectivity index (χ2v) is 7.82. The second-order valence-electron chi connectivity index (χ2n) is 7.82. The summed E-state index contributed by atoms with van der Waals surface area (Å²) in [6.07, 6.45) is 0.834. The van der Waals surface area contributed by atoms with Gasteiger partial charge in [0.15, 0.2) is 11.6 Å². The number of halogens is 1. The van der Waals surface area contributed by atoms with Crippen LogP contribution < -0.4 is 10.1 Å². The lowest BCUT2D eigenvalue weighted by Gasteiger charge is -2.35. The summed E-state index contributed by atoms with van der Waals surface area (Å²) in [6, 6.07) is 13.5. The second kappa shape index (κ2) is 10.9. The van der Waals surface area contributed by atoms with Gasteiger partial charge in [-0.3, -0.25) is 9.59 Å². The van der Waals surface area contributed by atoms with E-state index in [-0.39, 0.29) is 36.4 Å². The largest absolute Gasteiger partial charge is 0.491 e. The maximum absolute atomic E-state index is 13.5. The highest BCUT2D eigenvalue weighted by Gasteiger charge is 2.26. The fourth-order valence-electron chi connectivity index (χ4n) is 3.56. The Hall–Kier alpha value is -2.93. The molecule has 6 nitrogen and oxygen atoms in total. The number of amides is 2. The standard InChI is InChI=1S/C24H29FN2O4/c1-17-15-27(16-18(2)31-17)24(29)20-11-9-19(10-12-20)14-26-23(28)8-5-13-30-22-7-4-3-6-21(22)25/h3-4,6-7,9-12,17-18H,5,8,13-16H2,1-2H3,(H,26,28). The minimum atomic E-state index is -0.411. The van der Waals surface area contributed by atoms with E-state index in [1.807, 2.05) is 30.9 Å². The van der Waals surface area contributed by atoms with Crippen LogP contribution in [0.5, 0.6) is 5.75 Å². The van der Waals surface area contributed by atoms with Crippen LogP contribution in [0.4, 0.5) is 4.39 Å². The number of morpholine rings is 1. The third-order valence-electron chi connectivity index (χ3n) is 5.04. The van der Waals surface area contributed by atoms with Gasteiger partial charge in [-0.1, -0.05) is 24.3 Å². The van der Waals surface area contributed by atoms with Gasteiger partial charge in [-0.05, 0) is 50.1 Å². The molecule has 1 N–H and O–H groups in total. The lowest BCUT2D eigenvalue weighted by molar-refractivity contribution is -0.121. The number of benzene rings is 2. The Bertz CT molecular complexity index is 877. The van der Waals surface area contributed by atoms with E-state index in [9.17, 15) is 14.0 Å². The van der Waals surface area contributed by atoms with Gasteiger partial charge >= 0.3 is 0 Å². The van der Waals surface area contributed by atoms with Crippen LogP contribution in [-0.2, 0) is 16.1 Å². The van der Waals surface area contributed by atoms with E-state index in [1.165, 1.54) is 6.07 Å². The molecule has 2 unspecified atom stereocenters. The van der Waals surface area contributed by atoms with Gasteiger partial charge < -0.3 is 19.7 Å². The molecule has 1 fully saturated rings. The molecule has 0 saturated carbocycles. The molecule has 2 aromatic rings. The lowest BCUT2D eigenvalue weighted by atomic mass is 10.1. The van der Waals surface area contributed by atoms with Crippen molar-refractivity contribution < 1.29 is 23.5 Å². The molecule has 166 valence electrons. The van der Waals surface area contributed by atoms with Gasteiger partial charge in [0.25, 0.3) is 5.91 Å². The molecule has 31 heavy (non-hydrogen) atoms. The number of ether oxygens (including phenoxy) is 2. The fraction of sp³-hybridized carbons (Fsp3) is 0.417. The maximum Gasteiger partial charge on any atom is 0.254 e. The quantitative estimate of drug-likeness (QED) is 0.653. The predicted molar refractivity (Wildman–Crippen MR) is 115 cm³/mol. The van der Waals surface area contributed by atoms with Crippen molar-refractivity contribution >= 4 is 11.8 Å². The summed E-state index contributed by atoms with van der Waals surface area (Å²) in [5.41, 5.74) is 1.54. The van der Waals surface area contributed by atoms with Crippen molar-refractivity contribution in [3.63, 3.8) is 0 Å². The third kappa shape index (κ3) is 6.79. The first-order valence-electron chi connectivity index (χ1n) is 10.6. The smallest absolute Gasteiger partial charge is 0.254 e. The maximum atomic E-state index is 13.5. The number of hydrogen-bond acceptors (Lipinski definition) is 4. The molecule has 0 radical (unpaired) electrons. The van der Waals surface area contributed by atoms with Crippen molar-refractivity contribution in [1.29, 1.82) is 0 Å². The summed E-state index contributed by atoms with van der Waals surface area (Å²) in [7, 11) is 0. The Morgan fingerprint density at radius 3 is 2.45 bits per heavy atom. The lowest BCUT2D eigenvalue weighted by Crippen LogP contribution is -2.48. The molecule has 2 aromatic carbocycles. The zero-order valence-corrected chi connectivity index (χ0v) is 18.0. The van der Waals surface area contributed by atoms with Crippen molar-refractivity contribution in [3.05, 3.63) is 65.5 Å². The van der Waals surface area contributed by atoms with Gasteiger partial charge in [0.2, 0.25) is 5.91 Å². The molecule has 0 aromatic heterocycles. The molecular weight excluding hydrogens is 399 g/mol. The van der Waals surface area contributed by atoms with Crippen LogP contribution in [-0.4, -0.2) is 48.6 Å². The van der Waals surface area contributed by atoms with Crippen molar-refractivity contribution in [3.8, 4) is 5.75 Å². The molecule has 1 saturated heterocycles. The van der Waals surface area contributed by atoms with Crippen molar-refractivity contribution in [2.45, 2.75) is 45.4 Å². The number of rotatable bonds is 8. The van der Waals surface area contributed by atoms with Crippen LogP contribution >= 0.6 is 0 Å². The first kappa shape index (κ1) is 22.7. The van der Waals surface area contributed by atoms with Gasteiger partial charge in [-0.15, -0.1) is 0 Å². The third-order valence-corrected chi connectivity index (χ3v) is 5.04. The number of hydrogen-bond donors (Lipinski definition) is 1. The Balaban J connectivity index is 1.39. The average molecular weight is 429 g/mol. The molecule has 1 heterocycles. The average Bonchev–Trinajstić information content (AvgIpc) is 2.75. The molecule has 0 bridgehead atoms.